The third kappa shape index (κ3) is 2.17. The quantitative estimate of drug-likeness (QED) is 0.839. The summed E-state index contributed by atoms with van der Waals surface area (Å²) < 4.78 is 0. The minimum absolute atomic E-state index is 0.0341. The van der Waals surface area contributed by atoms with Crippen molar-refractivity contribution in [2.45, 2.75) is 32.8 Å². The van der Waals surface area contributed by atoms with Crippen LogP contribution >= 0.6 is 0 Å². The first-order valence-electron chi connectivity index (χ1n) is 5.91. The van der Waals surface area contributed by atoms with Crippen LogP contribution in [-0.2, 0) is 0 Å². The van der Waals surface area contributed by atoms with E-state index in [1.165, 1.54) is 0 Å². The lowest BCUT2D eigenvalue weighted by molar-refractivity contribution is -0.0826. The highest BCUT2D eigenvalue weighted by Crippen LogP contribution is 2.26. The van der Waals surface area contributed by atoms with Crippen LogP contribution in [0.3, 0.4) is 0 Å². The van der Waals surface area contributed by atoms with Gasteiger partial charge >= 0.3 is 0 Å². The molecule has 17 heavy (non-hydrogen) atoms. The zero-order chi connectivity index (χ0) is 12.6. The van der Waals surface area contributed by atoms with E-state index in [4.69, 9.17) is 0 Å². The van der Waals surface area contributed by atoms with Crippen LogP contribution in [0, 0.1) is 13.8 Å². The summed E-state index contributed by atoms with van der Waals surface area (Å²) in [5.41, 5.74) is 1.62. The van der Waals surface area contributed by atoms with E-state index in [0.29, 0.717) is 25.1 Å². The highest BCUT2D eigenvalue weighted by Gasteiger charge is 2.42. The molecule has 2 rings (SSSR count). The van der Waals surface area contributed by atoms with Gasteiger partial charge in [0.1, 0.15) is 0 Å². The van der Waals surface area contributed by atoms with E-state index in [-0.39, 0.29) is 5.91 Å². The number of carbonyl (C=O) groups excluding carboxylic acids is 1. The van der Waals surface area contributed by atoms with Crippen LogP contribution < -0.4 is 0 Å². The summed E-state index contributed by atoms with van der Waals surface area (Å²) >= 11 is 0. The van der Waals surface area contributed by atoms with E-state index in [2.05, 4.69) is 4.98 Å². The molecule has 4 heteroatoms. The van der Waals surface area contributed by atoms with Crippen LogP contribution in [0.2, 0.25) is 0 Å². The lowest BCUT2D eigenvalue weighted by Gasteiger charge is -2.46. The van der Waals surface area contributed by atoms with E-state index in [1.54, 1.807) is 4.90 Å². The molecule has 0 atom stereocenters. The van der Waals surface area contributed by atoms with Crippen molar-refractivity contribution in [2.24, 2.45) is 0 Å². The molecule has 0 bridgehead atoms. The van der Waals surface area contributed by atoms with Crippen LogP contribution in [0.5, 0.6) is 0 Å². The molecule has 0 saturated carbocycles. The van der Waals surface area contributed by atoms with E-state index in [1.807, 2.05) is 32.9 Å². The van der Waals surface area contributed by atoms with Crippen molar-refractivity contribution in [2.75, 3.05) is 13.1 Å². The van der Waals surface area contributed by atoms with Crippen molar-refractivity contribution in [1.82, 2.24) is 9.88 Å². The highest BCUT2D eigenvalue weighted by molar-refractivity contribution is 5.95. The van der Waals surface area contributed by atoms with Crippen molar-refractivity contribution in [3.8, 4) is 0 Å². The first-order chi connectivity index (χ1) is 7.95. The molecule has 1 saturated heterocycles. The number of amides is 1. The fourth-order valence-corrected chi connectivity index (χ4v) is 2.11. The minimum Gasteiger partial charge on any atom is -0.386 e. The smallest absolute Gasteiger partial charge is 0.255 e. The van der Waals surface area contributed by atoms with Gasteiger partial charge in [0, 0.05) is 5.69 Å². The van der Waals surface area contributed by atoms with Crippen molar-refractivity contribution in [1.29, 1.82) is 0 Å². The Morgan fingerprint density at radius 2 is 2.12 bits per heavy atom. The van der Waals surface area contributed by atoms with Crippen LogP contribution in [0.1, 0.15) is 35.1 Å². The van der Waals surface area contributed by atoms with Gasteiger partial charge in [-0.15, -0.1) is 0 Å². The summed E-state index contributed by atoms with van der Waals surface area (Å²) in [6.07, 6.45) is 0.682. The van der Waals surface area contributed by atoms with Crippen LogP contribution in [0.15, 0.2) is 12.1 Å². The number of carbonyl (C=O) groups is 1. The Labute approximate surface area is 101 Å². The zero-order valence-corrected chi connectivity index (χ0v) is 10.5. The maximum absolute atomic E-state index is 12.1. The van der Waals surface area contributed by atoms with Crippen molar-refractivity contribution in [3.63, 3.8) is 0 Å². The minimum atomic E-state index is -0.679. The van der Waals surface area contributed by atoms with Crippen LogP contribution in [0.4, 0.5) is 0 Å². The van der Waals surface area contributed by atoms with E-state index in [9.17, 15) is 9.90 Å². The predicted molar refractivity (Wildman–Crippen MR) is 64.9 cm³/mol. The number of hydrogen-bond donors (Lipinski definition) is 1. The summed E-state index contributed by atoms with van der Waals surface area (Å²) in [5.74, 6) is -0.0341. The topological polar surface area (TPSA) is 53.4 Å². The summed E-state index contributed by atoms with van der Waals surface area (Å²) in [7, 11) is 0. The van der Waals surface area contributed by atoms with Gasteiger partial charge in [-0.3, -0.25) is 9.78 Å². The average molecular weight is 234 g/mol. The Morgan fingerprint density at radius 3 is 2.65 bits per heavy atom. The second kappa shape index (κ2) is 4.11. The molecular weight excluding hydrogens is 216 g/mol. The van der Waals surface area contributed by atoms with Gasteiger partial charge in [-0.1, -0.05) is 6.92 Å². The number of likely N-dealkylation sites (tertiary alicyclic amines) is 1. The van der Waals surface area contributed by atoms with Gasteiger partial charge in [-0.05, 0) is 32.4 Å². The first-order valence-corrected chi connectivity index (χ1v) is 5.91. The maximum Gasteiger partial charge on any atom is 0.255 e. The van der Waals surface area contributed by atoms with Crippen molar-refractivity contribution < 1.29 is 9.90 Å². The maximum atomic E-state index is 12.1. The van der Waals surface area contributed by atoms with Crippen LogP contribution in [0.25, 0.3) is 0 Å². The highest BCUT2D eigenvalue weighted by atomic mass is 16.3. The lowest BCUT2D eigenvalue weighted by atomic mass is 9.90. The van der Waals surface area contributed by atoms with E-state index in [0.717, 1.165) is 11.4 Å². The summed E-state index contributed by atoms with van der Waals surface area (Å²) in [6.45, 7) is 6.53. The number of pyridine rings is 1. The molecule has 0 aliphatic carbocycles. The van der Waals surface area contributed by atoms with E-state index < -0.39 is 5.60 Å². The van der Waals surface area contributed by atoms with Gasteiger partial charge in [-0.25, -0.2) is 0 Å². The number of β-amino-alcohol motifs (C(OH)–C–C–N with tert-alkyl or cyclic N) is 1. The molecule has 1 fully saturated rings. The number of nitrogens with zero attached hydrogens (tertiary/aromatic N) is 2. The van der Waals surface area contributed by atoms with Crippen molar-refractivity contribution in [3.05, 3.63) is 29.1 Å². The third-order valence-corrected chi connectivity index (χ3v) is 3.37. The number of aryl methyl sites for hydroxylation is 2. The Kier molecular flexibility index (Phi) is 2.91. The Bertz CT molecular complexity index is 451. The Morgan fingerprint density at radius 1 is 1.47 bits per heavy atom. The molecular formula is C13H18N2O2. The molecule has 1 amide bonds. The zero-order valence-electron chi connectivity index (χ0n) is 10.5. The molecule has 1 aliphatic rings. The third-order valence-electron chi connectivity index (χ3n) is 3.37. The number of aromatic nitrogens is 1. The average Bonchev–Trinajstić information content (AvgIpc) is 2.24. The standard InChI is InChI=1S/C13H18N2O2/c1-4-13(17)7-15(8-13)12(16)11-6-5-9(2)14-10(11)3/h5-6,17H,4,7-8H2,1-3H3. The number of hydrogen-bond acceptors (Lipinski definition) is 3. The monoisotopic (exact) mass is 234 g/mol. The van der Waals surface area contributed by atoms with Gasteiger partial charge < -0.3 is 10.0 Å². The molecule has 1 N–H and O–H groups in total. The molecule has 0 radical (unpaired) electrons. The largest absolute Gasteiger partial charge is 0.386 e. The summed E-state index contributed by atoms with van der Waals surface area (Å²) in [4.78, 5) is 18.1. The van der Waals surface area contributed by atoms with Gasteiger partial charge in [0.2, 0.25) is 0 Å². The molecule has 0 aromatic carbocycles. The summed E-state index contributed by atoms with van der Waals surface area (Å²) in [6, 6.07) is 3.65. The number of rotatable bonds is 2. The van der Waals surface area contributed by atoms with Gasteiger partial charge in [0.25, 0.3) is 5.91 Å². The predicted octanol–water partition coefficient (Wildman–Crippen LogP) is 1.30. The second-order valence-electron chi connectivity index (χ2n) is 4.82. The molecule has 1 aromatic heterocycles. The van der Waals surface area contributed by atoms with Gasteiger partial charge in [-0.2, -0.15) is 0 Å². The molecule has 1 aliphatic heterocycles. The van der Waals surface area contributed by atoms with Gasteiger partial charge in [0.15, 0.2) is 0 Å². The molecule has 0 spiro atoms. The van der Waals surface area contributed by atoms with Crippen LogP contribution in [-0.4, -0.2) is 39.6 Å². The molecule has 92 valence electrons. The fraction of sp³-hybridized carbons (Fsp3) is 0.538. The molecule has 4 nitrogen and oxygen atoms in total. The second-order valence-corrected chi connectivity index (χ2v) is 4.82. The fourth-order valence-electron chi connectivity index (χ4n) is 2.11. The molecule has 1 aromatic rings. The normalized spacial score (nSPS) is 17.8. The Balaban J connectivity index is 2.12. The van der Waals surface area contributed by atoms with E-state index >= 15 is 0 Å². The van der Waals surface area contributed by atoms with Crippen molar-refractivity contribution >= 4 is 5.91 Å². The number of aliphatic hydroxyl groups is 1. The molecule has 0 unspecified atom stereocenters. The molecule has 2 heterocycles. The lowest BCUT2D eigenvalue weighted by Crippen LogP contribution is -2.63. The van der Waals surface area contributed by atoms with Gasteiger partial charge in [0.05, 0.1) is 29.9 Å². The first kappa shape index (κ1) is 12.0. The summed E-state index contributed by atoms with van der Waals surface area (Å²) in [5, 5.41) is 9.89. The SMILES string of the molecule is CCC1(O)CN(C(=O)c2ccc(C)nc2C)C1. The Hall–Kier alpha value is -1.42.